The first-order valence-electron chi connectivity index (χ1n) is 11.5. The Balaban J connectivity index is 2.21. The molecule has 7 heteroatoms. The fourth-order valence-electron chi connectivity index (χ4n) is 5.22. The molecule has 0 aromatic heterocycles. The van der Waals surface area contributed by atoms with Crippen LogP contribution in [-0.2, 0) is 33.4 Å². The highest BCUT2D eigenvalue weighted by molar-refractivity contribution is 5.97. The Hall–Kier alpha value is -2.70. The van der Waals surface area contributed by atoms with Crippen molar-refractivity contribution in [3.63, 3.8) is 0 Å². The second kappa shape index (κ2) is 9.27. The molecule has 0 saturated carbocycles. The number of fused-ring (bicyclic) bond motifs is 2. The Morgan fingerprint density at radius 2 is 1.82 bits per heavy atom. The summed E-state index contributed by atoms with van der Waals surface area (Å²) in [4.78, 5) is 50.3. The fourth-order valence-corrected chi connectivity index (χ4v) is 5.22. The van der Waals surface area contributed by atoms with Crippen LogP contribution in [0, 0.1) is 17.3 Å². The molecule has 0 aromatic carbocycles. The van der Waals surface area contributed by atoms with Crippen LogP contribution < -0.4 is 0 Å². The van der Waals surface area contributed by atoms with Crippen molar-refractivity contribution in [1.29, 1.82) is 0 Å². The van der Waals surface area contributed by atoms with Crippen molar-refractivity contribution in [1.82, 2.24) is 0 Å². The lowest BCUT2D eigenvalue weighted by molar-refractivity contribution is -0.185. The number of hydrogen-bond acceptors (Lipinski definition) is 7. The topological polar surface area (TPSA) is 96.0 Å². The number of esters is 3. The Kier molecular flexibility index (Phi) is 7.01. The molecule has 0 aromatic rings. The van der Waals surface area contributed by atoms with E-state index in [1.54, 1.807) is 20.8 Å². The van der Waals surface area contributed by atoms with Crippen LogP contribution in [0.2, 0.25) is 0 Å². The molecule has 180 valence electrons. The zero-order valence-corrected chi connectivity index (χ0v) is 20.5. The normalized spacial score (nSPS) is 32.4. The highest BCUT2D eigenvalue weighted by Gasteiger charge is 2.57. The molecule has 5 atom stereocenters. The molecule has 2 aliphatic carbocycles. The van der Waals surface area contributed by atoms with Crippen LogP contribution in [-0.4, -0.2) is 42.0 Å². The van der Waals surface area contributed by atoms with Crippen molar-refractivity contribution in [2.45, 2.75) is 86.0 Å². The molecule has 0 fully saturated rings. The van der Waals surface area contributed by atoms with Gasteiger partial charge in [-0.1, -0.05) is 31.9 Å². The summed E-state index contributed by atoms with van der Waals surface area (Å²) >= 11 is 0. The van der Waals surface area contributed by atoms with Crippen LogP contribution >= 0.6 is 0 Å². The Morgan fingerprint density at radius 3 is 2.42 bits per heavy atom. The van der Waals surface area contributed by atoms with E-state index in [2.05, 4.69) is 0 Å². The van der Waals surface area contributed by atoms with Crippen LogP contribution in [0.4, 0.5) is 0 Å². The van der Waals surface area contributed by atoms with E-state index < -0.39 is 29.7 Å². The van der Waals surface area contributed by atoms with E-state index in [-0.39, 0.29) is 29.6 Å². The van der Waals surface area contributed by atoms with Crippen LogP contribution in [0.25, 0.3) is 0 Å². The van der Waals surface area contributed by atoms with E-state index in [1.165, 1.54) is 13.0 Å². The van der Waals surface area contributed by atoms with Gasteiger partial charge in [-0.15, -0.1) is 0 Å². The third-order valence-corrected chi connectivity index (χ3v) is 7.23. The summed E-state index contributed by atoms with van der Waals surface area (Å²) in [5.74, 6) is -2.27. The lowest BCUT2D eigenvalue weighted by Gasteiger charge is -2.49. The van der Waals surface area contributed by atoms with E-state index in [0.717, 1.165) is 16.7 Å². The number of ether oxygens (including phenoxy) is 3. The maximum Gasteiger partial charge on any atom is 0.334 e. The van der Waals surface area contributed by atoms with Gasteiger partial charge in [-0.2, -0.15) is 0 Å². The maximum absolute atomic E-state index is 13.1. The number of carbonyl (C=O) groups excluding carboxylic acids is 4. The first-order valence-corrected chi connectivity index (χ1v) is 11.5. The maximum atomic E-state index is 13.1. The summed E-state index contributed by atoms with van der Waals surface area (Å²) in [7, 11) is 0. The molecule has 0 bridgehead atoms. The van der Waals surface area contributed by atoms with Crippen LogP contribution in [0.5, 0.6) is 0 Å². The molecule has 0 saturated heterocycles. The SMILES string of the molecule is CC(=O)O[C@H]1C(=O)C=C(C)[C@@H]2CC3=C(C)C(=O)O[C@H]3C=C(C)CC[C@@H](OC(=O)C(C)C)[C@]21C. The molecule has 0 amide bonds. The van der Waals surface area contributed by atoms with Gasteiger partial charge in [0.25, 0.3) is 0 Å². The third-order valence-electron chi connectivity index (χ3n) is 7.23. The van der Waals surface area contributed by atoms with E-state index in [1.807, 2.05) is 26.8 Å². The molecule has 3 rings (SSSR count). The summed E-state index contributed by atoms with van der Waals surface area (Å²) in [6, 6.07) is 0. The van der Waals surface area contributed by atoms with Gasteiger partial charge in [0.1, 0.15) is 12.2 Å². The molecule has 33 heavy (non-hydrogen) atoms. The second-order valence-electron chi connectivity index (χ2n) is 10.0. The molecule has 0 radical (unpaired) electrons. The summed E-state index contributed by atoms with van der Waals surface area (Å²) in [5, 5.41) is 0. The molecule has 1 aliphatic heterocycles. The van der Waals surface area contributed by atoms with Gasteiger partial charge in [-0.3, -0.25) is 14.4 Å². The van der Waals surface area contributed by atoms with Crippen LogP contribution in [0.15, 0.2) is 34.4 Å². The number of rotatable bonds is 3. The van der Waals surface area contributed by atoms with Gasteiger partial charge in [0.15, 0.2) is 11.9 Å². The summed E-state index contributed by atoms with van der Waals surface area (Å²) in [5.41, 5.74) is 2.17. The number of carbonyl (C=O) groups is 4. The van der Waals surface area contributed by atoms with Crippen molar-refractivity contribution >= 4 is 23.7 Å². The largest absolute Gasteiger partial charge is 0.461 e. The van der Waals surface area contributed by atoms with Gasteiger partial charge in [-0.05, 0) is 63.7 Å². The van der Waals surface area contributed by atoms with Gasteiger partial charge >= 0.3 is 17.9 Å². The predicted molar refractivity (Wildman–Crippen MR) is 121 cm³/mol. The smallest absolute Gasteiger partial charge is 0.334 e. The first kappa shape index (κ1) is 24.9. The van der Waals surface area contributed by atoms with Gasteiger partial charge in [0, 0.05) is 12.5 Å². The van der Waals surface area contributed by atoms with E-state index in [4.69, 9.17) is 14.2 Å². The molecular formula is C26H34O7. The van der Waals surface area contributed by atoms with Crippen molar-refractivity contribution in [3.05, 3.63) is 34.4 Å². The zero-order valence-electron chi connectivity index (χ0n) is 20.5. The Morgan fingerprint density at radius 1 is 1.15 bits per heavy atom. The summed E-state index contributed by atoms with van der Waals surface area (Å²) in [6.45, 7) is 12.2. The molecular weight excluding hydrogens is 424 g/mol. The van der Waals surface area contributed by atoms with E-state index in [0.29, 0.717) is 24.8 Å². The highest BCUT2D eigenvalue weighted by Crippen LogP contribution is 2.51. The van der Waals surface area contributed by atoms with Gasteiger partial charge in [0.05, 0.1) is 11.3 Å². The van der Waals surface area contributed by atoms with E-state index in [9.17, 15) is 19.2 Å². The minimum atomic E-state index is -1.10. The van der Waals surface area contributed by atoms with Crippen molar-refractivity contribution in [3.8, 4) is 0 Å². The van der Waals surface area contributed by atoms with E-state index >= 15 is 0 Å². The first-order chi connectivity index (χ1) is 15.4. The molecule has 0 unspecified atom stereocenters. The molecule has 0 N–H and O–H groups in total. The monoisotopic (exact) mass is 458 g/mol. The molecule has 3 aliphatic rings. The lowest BCUT2D eigenvalue weighted by Crippen LogP contribution is -2.57. The minimum Gasteiger partial charge on any atom is -0.461 e. The molecule has 1 heterocycles. The highest BCUT2D eigenvalue weighted by atomic mass is 16.6. The predicted octanol–water partition coefficient (Wildman–Crippen LogP) is 4.01. The molecule has 7 nitrogen and oxygen atoms in total. The van der Waals surface area contributed by atoms with Crippen molar-refractivity contribution in [2.24, 2.45) is 17.3 Å². The number of hydrogen-bond donors (Lipinski definition) is 0. The second-order valence-corrected chi connectivity index (χ2v) is 10.0. The Labute approximate surface area is 195 Å². The minimum absolute atomic E-state index is 0.307. The fraction of sp³-hybridized carbons (Fsp3) is 0.615. The van der Waals surface area contributed by atoms with Gasteiger partial charge in [-0.25, -0.2) is 4.79 Å². The number of allylic oxidation sites excluding steroid dienone is 2. The standard InChI is InChI=1S/C26H34O7/c1-13(2)24(29)33-22-9-8-14(3)10-21-18(16(5)25(30)32-21)12-19-15(4)11-20(28)23(26(19,22)7)31-17(6)27/h10-11,13,19,21-23H,8-9,12H2,1-7H3/t19-,21-,22+,23-,26-/m0/s1. The average Bonchev–Trinajstić information content (AvgIpc) is 2.97. The van der Waals surface area contributed by atoms with Crippen LogP contribution in [0.1, 0.15) is 67.7 Å². The van der Waals surface area contributed by atoms with Gasteiger partial charge < -0.3 is 14.2 Å². The van der Waals surface area contributed by atoms with Gasteiger partial charge in [0.2, 0.25) is 0 Å². The summed E-state index contributed by atoms with van der Waals surface area (Å²) < 4.78 is 17.2. The zero-order chi connectivity index (χ0) is 24.7. The van der Waals surface area contributed by atoms with Crippen LogP contribution in [0.3, 0.4) is 0 Å². The Bertz CT molecular complexity index is 967. The third kappa shape index (κ3) is 4.68. The summed E-state index contributed by atoms with van der Waals surface area (Å²) in [6.07, 6.45) is 2.66. The lowest BCUT2D eigenvalue weighted by atomic mass is 9.59. The van der Waals surface area contributed by atoms with Crippen molar-refractivity contribution < 1.29 is 33.4 Å². The van der Waals surface area contributed by atoms with Crippen molar-refractivity contribution in [2.75, 3.05) is 0 Å². The average molecular weight is 459 g/mol. The quantitative estimate of drug-likeness (QED) is 0.358. The number of ketones is 1. The molecule has 0 spiro atoms.